The Balaban J connectivity index is 1.65. The van der Waals surface area contributed by atoms with E-state index in [0.29, 0.717) is 23.5 Å². The van der Waals surface area contributed by atoms with Gasteiger partial charge in [-0.2, -0.15) is 0 Å². The van der Waals surface area contributed by atoms with E-state index in [0.717, 1.165) is 25.9 Å². The van der Waals surface area contributed by atoms with Crippen molar-refractivity contribution in [3.63, 3.8) is 0 Å². The molecule has 0 aliphatic carbocycles. The average Bonchev–Trinajstić information content (AvgIpc) is 2.61. The third kappa shape index (κ3) is 3.65. The minimum Gasteiger partial charge on any atom is -0.339 e. The number of carbonyl (C=O) groups is 1. The molecule has 4 heteroatoms. The topological polar surface area (TPSA) is 46.3 Å². The Morgan fingerprint density at radius 3 is 2.57 bits per heavy atom. The van der Waals surface area contributed by atoms with Crippen LogP contribution in [-0.4, -0.2) is 31.7 Å². The van der Waals surface area contributed by atoms with Crippen molar-refractivity contribution in [2.24, 2.45) is 5.73 Å². The number of piperidine rings is 1. The monoisotopic (exact) mass is 304 g/mol. The van der Waals surface area contributed by atoms with Gasteiger partial charge >= 0.3 is 0 Å². The van der Waals surface area contributed by atoms with Crippen LogP contribution in [0.3, 0.4) is 0 Å². The summed E-state index contributed by atoms with van der Waals surface area (Å²) in [6, 6.07) is 15.7. The van der Waals surface area contributed by atoms with Gasteiger partial charge in [0.1, 0.15) is 7.85 Å². The fourth-order valence-corrected chi connectivity index (χ4v) is 3.24. The Kier molecular flexibility index (Phi) is 4.82. The molecule has 0 bridgehead atoms. The highest BCUT2D eigenvalue weighted by Gasteiger charge is 2.24. The Labute approximate surface area is 138 Å². The van der Waals surface area contributed by atoms with Crippen LogP contribution >= 0.6 is 0 Å². The molecule has 2 radical (unpaired) electrons. The van der Waals surface area contributed by atoms with Crippen LogP contribution in [0.2, 0.25) is 0 Å². The van der Waals surface area contributed by atoms with Crippen molar-refractivity contribution in [3.05, 3.63) is 65.2 Å². The number of rotatable bonds is 3. The Morgan fingerprint density at radius 1 is 1.13 bits per heavy atom. The molecule has 0 unspecified atom stereocenters. The highest BCUT2D eigenvalue weighted by molar-refractivity contribution is 6.32. The summed E-state index contributed by atoms with van der Waals surface area (Å²) < 4.78 is 0. The summed E-state index contributed by atoms with van der Waals surface area (Å²) in [6.07, 6.45) is 1.98. The number of benzene rings is 2. The molecule has 3 rings (SSSR count). The van der Waals surface area contributed by atoms with E-state index in [1.807, 2.05) is 17.0 Å². The number of likely N-dealkylation sites (tertiary alicyclic amines) is 1. The second-order valence-corrected chi connectivity index (χ2v) is 6.14. The van der Waals surface area contributed by atoms with Gasteiger partial charge in [0.15, 0.2) is 0 Å². The van der Waals surface area contributed by atoms with E-state index in [1.165, 1.54) is 11.1 Å². The largest absolute Gasteiger partial charge is 0.339 e. The van der Waals surface area contributed by atoms with E-state index in [2.05, 4.69) is 24.3 Å². The predicted molar refractivity (Wildman–Crippen MR) is 94.0 cm³/mol. The maximum Gasteiger partial charge on any atom is 0.253 e. The van der Waals surface area contributed by atoms with Crippen molar-refractivity contribution >= 4 is 19.2 Å². The first kappa shape index (κ1) is 15.8. The van der Waals surface area contributed by atoms with Gasteiger partial charge in [0.05, 0.1) is 0 Å². The van der Waals surface area contributed by atoms with Crippen molar-refractivity contribution in [2.75, 3.05) is 13.1 Å². The molecule has 0 aromatic heterocycles. The number of nitrogens with two attached hydrogens (primary N) is 1. The lowest BCUT2D eigenvalue weighted by atomic mass is 9.88. The summed E-state index contributed by atoms with van der Waals surface area (Å²) in [4.78, 5) is 14.5. The molecular formula is C19H21BN2O. The van der Waals surface area contributed by atoms with Crippen LogP contribution < -0.4 is 11.2 Å². The van der Waals surface area contributed by atoms with E-state index in [9.17, 15) is 4.79 Å². The number of hydrogen-bond donors (Lipinski definition) is 1. The SMILES string of the molecule is [B]c1cccc(C(=O)N2CCC(c3cccc(CN)c3)CC2)c1. The first-order chi connectivity index (χ1) is 11.2. The molecule has 0 spiro atoms. The number of nitrogens with zero attached hydrogens (tertiary/aromatic N) is 1. The maximum absolute atomic E-state index is 12.5. The van der Waals surface area contributed by atoms with Crippen molar-refractivity contribution in [2.45, 2.75) is 25.3 Å². The summed E-state index contributed by atoms with van der Waals surface area (Å²) >= 11 is 0. The van der Waals surface area contributed by atoms with Gasteiger partial charge in [-0.25, -0.2) is 0 Å². The second-order valence-electron chi connectivity index (χ2n) is 6.14. The molecule has 116 valence electrons. The van der Waals surface area contributed by atoms with Gasteiger partial charge in [-0.1, -0.05) is 47.9 Å². The van der Waals surface area contributed by atoms with E-state index >= 15 is 0 Å². The molecule has 1 aliphatic rings. The summed E-state index contributed by atoms with van der Waals surface area (Å²) in [5.41, 5.74) is 9.53. The molecular weight excluding hydrogens is 283 g/mol. The highest BCUT2D eigenvalue weighted by Crippen LogP contribution is 2.29. The van der Waals surface area contributed by atoms with Crippen molar-refractivity contribution in [1.29, 1.82) is 0 Å². The average molecular weight is 304 g/mol. The Hall–Kier alpha value is -2.07. The van der Waals surface area contributed by atoms with Gasteiger partial charge in [-0.3, -0.25) is 4.79 Å². The molecule has 2 N–H and O–H groups in total. The third-order valence-electron chi connectivity index (χ3n) is 4.57. The van der Waals surface area contributed by atoms with Crippen LogP contribution in [0.15, 0.2) is 48.5 Å². The lowest BCUT2D eigenvalue weighted by Gasteiger charge is -2.32. The zero-order valence-electron chi connectivity index (χ0n) is 13.2. The molecule has 0 saturated carbocycles. The lowest BCUT2D eigenvalue weighted by Crippen LogP contribution is -2.38. The minimum absolute atomic E-state index is 0.0754. The van der Waals surface area contributed by atoms with Gasteiger partial charge in [-0.05, 0) is 36.0 Å². The zero-order chi connectivity index (χ0) is 16.2. The van der Waals surface area contributed by atoms with Crippen molar-refractivity contribution < 1.29 is 4.79 Å². The van der Waals surface area contributed by atoms with Gasteiger partial charge in [-0.15, -0.1) is 0 Å². The normalized spacial score (nSPS) is 15.6. The van der Waals surface area contributed by atoms with Gasteiger partial charge in [0, 0.05) is 25.2 Å². The number of amides is 1. The number of hydrogen-bond acceptors (Lipinski definition) is 2. The standard InChI is InChI=1S/C19H21BN2O/c20-18-6-2-5-17(12-18)19(23)22-9-7-15(8-10-22)16-4-1-3-14(11-16)13-21/h1-6,11-12,15H,7-10,13,21H2. The van der Waals surface area contributed by atoms with E-state index in [-0.39, 0.29) is 5.91 Å². The van der Waals surface area contributed by atoms with Crippen LogP contribution in [0, 0.1) is 0 Å². The molecule has 1 aliphatic heterocycles. The van der Waals surface area contributed by atoms with Crippen LogP contribution in [0.4, 0.5) is 0 Å². The molecule has 1 heterocycles. The molecule has 1 saturated heterocycles. The molecule has 0 atom stereocenters. The lowest BCUT2D eigenvalue weighted by molar-refractivity contribution is 0.0713. The van der Waals surface area contributed by atoms with E-state index in [1.54, 1.807) is 12.1 Å². The molecule has 2 aromatic carbocycles. The quantitative estimate of drug-likeness (QED) is 0.881. The van der Waals surface area contributed by atoms with Gasteiger partial charge in [0.25, 0.3) is 5.91 Å². The second kappa shape index (κ2) is 7.01. The van der Waals surface area contributed by atoms with Gasteiger partial charge in [0.2, 0.25) is 0 Å². The molecule has 2 aromatic rings. The van der Waals surface area contributed by atoms with Crippen molar-refractivity contribution in [3.8, 4) is 0 Å². The molecule has 23 heavy (non-hydrogen) atoms. The van der Waals surface area contributed by atoms with Crippen LogP contribution in [0.1, 0.15) is 40.2 Å². The first-order valence-electron chi connectivity index (χ1n) is 8.11. The van der Waals surface area contributed by atoms with E-state index in [4.69, 9.17) is 13.6 Å². The fourth-order valence-electron chi connectivity index (χ4n) is 3.24. The van der Waals surface area contributed by atoms with Crippen LogP contribution in [-0.2, 0) is 6.54 Å². The maximum atomic E-state index is 12.5. The van der Waals surface area contributed by atoms with Crippen molar-refractivity contribution in [1.82, 2.24) is 4.90 Å². The summed E-state index contributed by atoms with van der Waals surface area (Å²) in [5.74, 6) is 0.581. The number of carbonyl (C=O) groups excluding carboxylic acids is 1. The fraction of sp³-hybridized carbons (Fsp3) is 0.316. The van der Waals surface area contributed by atoms with E-state index < -0.39 is 0 Å². The zero-order valence-corrected chi connectivity index (χ0v) is 13.2. The summed E-state index contributed by atoms with van der Waals surface area (Å²) in [7, 11) is 5.77. The van der Waals surface area contributed by atoms with Crippen LogP contribution in [0.25, 0.3) is 0 Å². The highest BCUT2D eigenvalue weighted by atomic mass is 16.2. The molecule has 1 fully saturated rings. The Morgan fingerprint density at radius 2 is 1.87 bits per heavy atom. The summed E-state index contributed by atoms with van der Waals surface area (Å²) in [6.45, 7) is 2.14. The summed E-state index contributed by atoms with van der Waals surface area (Å²) in [5, 5.41) is 0. The third-order valence-corrected chi connectivity index (χ3v) is 4.57. The predicted octanol–water partition coefficient (Wildman–Crippen LogP) is 1.96. The first-order valence-corrected chi connectivity index (χ1v) is 8.11. The van der Waals surface area contributed by atoms with Gasteiger partial charge < -0.3 is 10.6 Å². The Bertz CT molecular complexity index is 693. The molecule has 1 amide bonds. The molecule has 3 nitrogen and oxygen atoms in total. The minimum atomic E-state index is 0.0754. The van der Waals surface area contributed by atoms with Crippen LogP contribution in [0.5, 0.6) is 0 Å². The smallest absolute Gasteiger partial charge is 0.253 e.